The van der Waals surface area contributed by atoms with Gasteiger partial charge < -0.3 is 15.0 Å². The van der Waals surface area contributed by atoms with Crippen molar-refractivity contribution in [3.05, 3.63) is 47.3 Å². The average molecular weight is 411 g/mol. The molecule has 1 fully saturated rings. The van der Waals surface area contributed by atoms with Crippen LogP contribution >= 0.6 is 0 Å². The molecule has 1 aliphatic rings. The highest BCUT2D eigenvalue weighted by Crippen LogP contribution is 2.22. The number of nitrogens with one attached hydrogen (secondary N) is 1. The van der Waals surface area contributed by atoms with Crippen LogP contribution in [0.15, 0.2) is 30.3 Å². The van der Waals surface area contributed by atoms with Crippen LogP contribution in [0.4, 0.5) is 11.4 Å². The fourth-order valence-corrected chi connectivity index (χ4v) is 3.60. The molecule has 2 heterocycles. The number of ether oxygens (including phenoxy) is 1. The fraction of sp³-hybridized carbons (Fsp3) is 0.435. The Kier molecular flexibility index (Phi) is 6.92. The summed E-state index contributed by atoms with van der Waals surface area (Å²) in [5.74, 6) is -0.933. The van der Waals surface area contributed by atoms with Crippen molar-refractivity contribution >= 4 is 29.3 Å². The van der Waals surface area contributed by atoms with Gasteiger partial charge in [-0.25, -0.2) is 4.79 Å². The van der Waals surface area contributed by atoms with Gasteiger partial charge in [0, 0.05) is 48.8 Å². The van der Waals surface area contributed by atoms with Gasteiger partial charge in [0.25, 0.3) is 5.91 Å². The lowest BCUT2D eigenvalue weighted by Gasteiger charge is -2.28. The Morgan fingerprint density at radius 1 is 1.13 bits per heavy atom. The summed E-state index contributed by atoms with van der Waals surface area (Å²) in [5, 5.41) is 7.11. The molecule has 0 spiro atoms. The third-order valence-corrected chi connectivity index (χ3v) is 5.47. The molecule has 0 radical (unpaired) electrons. The van der Waals surface area contributed by atoms with E-state index in [4.69, 9.17) is 4.74 Å². The Balaban J connectivity index is 1.52. The van der Waals surface area contributed by atoms with Gasteiger partial charge in [0.15, 0.2) is 6.10 Å². The Bertz CT molecular complexity index is 925. The minimum absolute atomic E-state index is 0.365. The van der Waals surface area contributed by atoms with Gasteiger partial charge in [-0.3, -0.25) is 9.48 Å². The number of aromatic nitrogens is 2. The summed E-state index contributed by atoms with van der Waals surface area (Å²) >= 11 is 0. The molecule has 1 aromatic heterocycles. The Hall–Kier alpha value is -3.09. The lowest BCUT2D eigenvalue weighted by Crippen LogP contribution is -2.30. The van der Waals surface area contributed by atoms with Gasteiger partial charge in [-0.15, -0.1) is 0 Å². The topological polar surface area (TPSA) is 76.5 Å². The van der Waals surface area contributed by atoms with Crippen LogP contribution in [0.25, 0.3) is 6.08 Å². The number of benzene rings is 1. The number of rotatable bonds is 6. The maximum atomic E-state index is 12.4. The molecular formula is C23H30N4O3. The highest BCUT2D eigenvalue weighted by atomic mass is 16.5. The molecule has 1 aliphatic heterocycles. The van der Waals surface area contributed by atoms with Crippen molar-refractivity contribution in [2.75, 3.05) is 23.3 Å². The number of aryl methyl sites for hydroxylation is 2. The second-order valence-corrected chi connectivity index (χ2v) is 7.70. The molecule has 0 saturated carbocycles. The summed E-state index contributed by atoms with van der Waals surface area (Å²) in [5.41, 5.74) is 4.51. The van der Waals surface area contributed by atoms with Gasteiger partial charge in [0.1, 0.15) is 0 Å². The first-order valence-corrected chi connectivity index (χ1v) is 10.4. The third kappa shape index (κ3) is 5.28. The molecule has 1 aromatic carbocycles. The van der Waals surface area contributed by atoms with Crippen LogP contribution in [0.2, 0.25) is 0 Å². The fourth-order valence-electron chi connectivity index (χ4n) is 3.60. The maximum absolute atomic E-state index is 12.4. The van der Waals surface area contributed by atoms with Crippen molar-refractivity contribution in [1.82, 2.24) is 9.78 Å². The molecule has 1 amide bonds. The van der Waals surface area contributed by atoms with Gasteiger partial charge in [-0.1, -0.05) is 0 Å². The molecule has 1 saturated heterocycles. The molecule has 1 atom stereocenters. The first-order valence-electron chi connectivity index (χ1n) is 10.4. The number of nitrogens with zero attached hydrogens (tertiary/aromatic N) is 3. The Morgan fingerprint density at radius 2 is 1.80 bits per heavy atom. The predicted molar refractivity (Wildman–Crippen MR) is 118 cm³/mol. The molecule has 0 aliphatic carbocycles. The van der Waals surface area contributed by atoms with Crippen LogP contribution < -0.4 is 10.2 Å². The van der Waals surface area contributed by atoms with E-state index in [-0.39, 0.29) is 5.91 Å². The Morgan fingerprint density at radius 3 is 2.40 bits per heavy atom. The van der Waals surface area contributed by atoms with E-state index >= 15 is 0 Å². The SMILES string of the molecule is Cc1nn(C)c(C)c1/C=C/C(=O)O[C@@H](C)C(=O)Nc1ccc(N2CCCCC2)cc1. The van der Waals surface area contributed by atoms with Crippen LogP contribution in [-0.4, -0.2) is 40.9 Å². The summed E-state index contributed by atoms with van der Waals surface area (Å²) in [4.78, 5) is 26.9. The molecule has 0 bridgehead atoms. The lowest BCUT2D eigenvalue weighted by molar-refractivity contribution is -0.148. The van der Waals surface area contributed by atoms with E-state index < -0.39 is 12.1 Å². The van der Waals surface area contributed by atoms with Crippen LogP contribution in [0.1, 0.15) is 43.1 Å². The van der Waals surface area contributed by atoms with Crippen LogP contribution in [0.5, 0.6) is 0 Å². The molecule has 0 unspecified atom stereocenters. The van der Waals surface area contributed by atoms with Crippen molar-refractivity contribution in [2.24, 2.45) is 7.05 Å². The molecule has 160 valence electrons. The highest BCUT2D eigenvalue weighted by molar-refractivity contribution is 5.96. The number of esters is 1. The third-order valence-electron chi connectivity index (χ3n) is 5.47. The summed E-state index contributed by atoms with van der Waals surface area (Å²) in [7, 11) is 1.85. The zero-order chi connectivity index (χ0) is 21.7. The molecule has 2 aromatic rings. The molecule has 7 heteroatoms. The van der Waals surface area contributed by atoms with Gasteiger partial charge >= 0.3 is 5.97 Å². The standard InChI is InChI=1S/C23H30N4O3/c1-16-21(17(2)26(4)25-16)12-13-22(28)30-18(3)23(29)24-19-8-10-20(11-9-19)27-14-6-5-7-15-27/h8-13,18H,5-7,14-15H2,1-4H3,(H,24,29)/b13-12+/t18-/m0/s1. The smallest absolute Gasteiger partial charge is 0.331 e. The predicted octanol–water partition coefficient (Wildman–Crippen LogP) is 3.61. The van der Waals surface area contributed by atoms with Crippen molar-refractivity contribution in [2.45, 2.75) is 46.1 Å². The van der Waals surface area contributed by atoms with Gasteiger partial charge in [0.05, 0.1) is 5.69 Å². The van der Waals surface area contributed by atoms with E-state index in [0.29, 0.717) is 5.69 Å². The van der Waals surface area contributed by atoms with Crippen molar-refractivity contribution in [3.63, 3.8) is 0 Å². The van der Waals surface area contributed by atoms with Gasteiger partial charge in [0.2, 0.25) is 0 Å². The number of hydrogen-bond donors (Lipinski definition) is 1. The quantitative estimate of drug-likeness (QED) is 0.582. The monoisotopic (exact) mass is 410 g/mol. The lowest BCUT2D eigenvalue weighted by atomic mass is 10.1. The number of carbonyl (C=O) groups excluding carboxylic acids is 2. The summed E-state index contributed by atoms with van der Waals surface area (Å²) < 4.78 is 7.00. The first-order chi connectivity index (χ1) is 14.3. The van der Waals surface area contributed by atoms with E-state index in [0.717, 1.165) is 30.0 Å². The van der Waals surface area contributed by atoms with Crippen LogP contribution in [-0.2, 0) is 21.4 Å². The number of anilines is 2. The molecule has 30 heavy (non-hydrogen) atoms. The zero-order valence-electron chi connectivity index (χ0n) is 18.1. The average Bonchev–Trinajstić information content (AvgIpc) is 2.98. The number of amides is 1. The van der Waals surface area contributed by atoms with Crippen LogP contribution in [0, 0.1) is 13.8 Å². The molecule has 3 rings (SSSR count). The largest absolute Gasteiger partial charge is 0.449 e. The van der Waals surface area contributed by atoms with Crippen LogP contribution in [0.3, 0.4) is 0 Å². The Labute approximate surface area is 177 Å². The van der Waals surface area contributed by atoms with Gasteiger partial charge in [-0.2, -0.15) is 5.10 Å². The summed E-state index contributed by atoms with van der Waals surface area (Å²) in [6, 6.07) is 7.78. The van der Waals surface area contributed by atoms with Crippen molar-refractivity contribution in [1.29, 1.82) is 0 Å². The zero-order valence-corrected chi connectivity index (χ0v) is 18.1. The van der Waals surface area contributed by atoms with Crippen molar-refractivity contribution in [3.8, 4) is 0 Å². The maximum Gasteiger partial charge on any atom is 0.331 e. The van der Waals surface area contributed by atoms with Gasteiger partial charge in [-0.05, 0) is 70.4 Å². The van der Waals surface area contributed by atoms with E-state index in [1.54, 1.807) is 17.7 Å². The van der Waals surface area contributed by atoms with Crippen molar-refractivity contribution < 1.29 is 14.3 Å². The number of carbonyl (C=O) groups is 2. The summed E-state index contributed by atoms with van der Waals surface area (Å²) in [6.45, 7) is 7.51. The normalized spacial score (nSPS) is 15.3. The molecular weight excluding hydrogens is 380 g/mol. The van der Waals surface area contributed by atoms with E-state index in [9.17, 15) is 9.59 Å². The number of piperidine rings is 1. The second kappa shape index (κ2) is 9.61. The number of hydrogen-bond acceptors (Lipinski definition) is 5. The highest BCUT2D eigenvalue weighted by Gasteiger charge is 2.17. The first kappa shape index (κ1) is 21.6. The van der Waals surface area contributed by atoms with E-state index in [1.165, 1.54) is 31.0 Å². The minimum Gasteiger partial charge on any atom is -0.449 e. The second-order valence-electron chi connectivity index (χ2n) is 7.70. The molecule has 7 nitrogen and oxygen atoms in total. The van der Waals surface area contributed by atoms with E-state index in [1.807, 2.05) is 45.2 Å². The minimum atomic E-state index is -0.903. The molecule has 1 N–H and O–H groups in total. The summed E-state index contributed by atoms with van der Waals surface area (Å²) in [6.07, 6.45) is 5.82. The van der Waals surface area contributed by atoms with E-state index in [2.05, 4.69) is 15.3 Å².